The summed E-state index contributed by atoms with van der Waals surface area (Å²) in [6.45, 7) is 4.45. The molecule has 2 aliphatic heterocycles. The van der Waals surface area contributed by atoms with Gasteiger partial charge in [0.05, 0.1) is 0 Å². The van der Waals surface area contributed by atoms with Gasteiger partial charge in [-0.3, -0.25) is 0 Å². The minimum absolute atomic E-state index is 0.630. The van der Waals surface area contributed by atoms with E-state index in [1.54, 1.807) is 0 Å². The molecule has 0 aromatic heterocycles. The van der Waals surface area contributed by atoms with Gasteiger partial charge in [0.1, 0.15) is 0 Å². The number of hydrogen-bond donors (Lipinski definition) is 1. The molecule has 2 heterocycles. The van der Waals surface area contributed by atoms with Gasteiger partial charge in [-0.15, -0.1) is 0 Å². The molecule has 1 aliphatic carbocycles. The van der Waals surface area contributed by atoms with Crippen LogP contribution >= 0.6 is 11.9 Å². The Bertz CT molecular complexity index is 255. The van der Waals surface area contributed by atoms with Crippen molar-refractivity contribution < 1.29 is 4.74 Å². The molecular formula is C12H22N2OS. The van der Waals surface area contributed by atoms with Crippen LogP contribution < -0.4 is 5.32 Å². The lowest BCUT2D eigenvalue weighted by Crippen LogP contribution is -2.36. The lowest BCUT2D eigenvalue weighted by molar-refractivity contribution is 0.0538. The van der Waals surface area contributed by atoms with Crippen molar-refractivity contribution in [3.05, 3.63) is 0 Å². The summed E-state index contributed by atoms with van der Waals surface area (Å²) in [5.41, 5.74) is 0.630. The predicted octanol–water partition coefficient (Wildman–Crippen LogP) is 1.50. The van der Waals surface area contributed by atoms with E-state index in [9.17, 15) is 0 Å². The maximum Gasteiger partial charge on any atom is 0.0471 e. The minimum atomic E-state index is 0.630. The maximum absolute atomic E-state index is 5.46. The van der Waals surface area contributed by atoms with E-state index < -0.39 is 0 Å². The van der Waals surface area contributed by atoms with Gasteiger partial charge < -0.3 is 10.1 Å². The van der Waals surface area contributed by atoms with E-state index in [1.807, 2.05) is 11.9 Å². The van der Waals surface area contributed by atoms with E-state index in [4.69, 9.17) is 4.74 Å². The molecule has 2 atom stereocenters. The van der Waals surface area contributed by atoms with E-state index in [-0.39, 0.29) is 0 Å². The topological polar surface area (TPSA) is 24.5 Å². The zero-order valence-corrected chi connectivity index (χ0v) is 10.9. The van der Waals surface area contributed by atoms with Crippen LogP contribution in [0.3, 0.4) is 0 Å². The van der Waals surface area contributed by atoms with Gasteiger partial charge in [0.15, 0.2) is 0 Å². The van der Waals surface area contributed by atoms with Crippen LogP contribution in [0.25, 0.3) is 0 Å². The molecule has 1 N–H and O–H groups in total. The summed E-state index contributed by atoms with van der Waals surface area (Å²) >= 11 is 1.88. The average Bonchev–Trinajstić information content (AvgIpc) is 2.78. The molecule has 3 nitrogen and oxygen atoms in total. The summed E-state index contributed by atoms with van der Waals surface area (Å²) in [6, 6.07) is 1.53. The zero-order valence-electron chi connectivity index (χ0n) is 10.1. The van der Waals surface area contributed by atoms with Gasteiger partial charge in [0.2, 0.25) is 0 Å². The summed E-state index contributed by atoms with van der Waals surface area (Å²) in [5.74, 6) is 0. The molecule has 0 radical (unpaired) electrons. The van der Waals surface area contributed by atoms with Gasteiger partial charge in [0.25, 0.3) is 0 Å². The van der Waals surface area contributed by atoms with Crippen LogP contribution in [-0.4, -0.2) is 48.9 Å². The van der Waals surface area contributed by atoms with Crippen molar-refractivity contribution in [2.45, 2.75) is 37.8 Å². The average molecular weight is 242 g/mol. The second kappa shape index (κ2) is 4.48. The standard InChI is InChI=1S/C12H22N2OS/c1-16-14-5-2-10(9-14)13-11-8-12(11)3-6-15-7-4-12/h10-11,13H,2-9H2,1H3/t10-,11?/m1/s1. The molecule has 0 aromatic rings. The van der Waals surface area contributed by atoms with E-state index >= 15 is 0 Å². The second-order valence-electron chi connectivity index (χ2n) is 5.45. The van der Waals surface area contributed by atoms with Gasteiger partial charge in [-0.05, 0) is 37.4 Å². The SMILES string of the molecule is CSN1CC[C@@H](NC2CC23CCOCC3)C1. The fraction of sp³-hybridized carbons (Fsp3) is 1.00. The maximum atomic E-state index is 5.46. The molecule has 0 aromatic carbocycles. The van der Waals surface area contributed by atoms with Gasteiger partial charge >= 0.3 is 0 Å². The Morgan fingerprint density at radius 1 is 1.38 bits per heavy atom. The van der Waals surface area contributed by atoms with E-state index in [0.29, 0.717) is 5.41 Å². The highest BCUT2D eigenvalue weighted by atomic mass is 32.2. The largest absolute Gasteiger partial charge is 0.381 e. The second-order valence-corrected chi connectivity index (χ2v) is 6.34. The lowest BCUT2D eigenvalue weighted by atomic mass is 9.96. The fourth-order valence-electron chi connectivity index (χ4n) is 3.23. The van der Waals surface area contributed by atoms with E-state index in [1.165, 1.54) is 38.8 Å². The summed E-state index contributed by atoms with van der Waals surface area (Å²) in [7, 11) is 0. The highest BCUT2D eigenvalue weighted by Gasteiger charge is 2.54. The molecular weight excluding hydrogens is 220 g/mol. The molecule has 16 heavy (non-hydrogen) atoms. The van der Waals surface area contributed by atoms with Crippen molar-refractivity contribution in [1.82, 2.24) is 9.62 Å². The number of nitrogens with zero attached hydrogens (tertiary/aromatic N) is 1. The molecule has 1 spiro atoms. The quantitative estimate of drug-likeness (QED) is 0.758. The molecule has 3 aliphatic rings. The Morgan fingerprint density at radius 2 is 2.19 bits per heavy atom. The van der Waals surface area contributed by atoms with Crippen molar-refractivity contribution in [2.24, 2.45) is 5.41 Å². The molecule has 2 saturated heterocycles. The molecule has 4 heteroatoms. The third-order valence-corrected chi connectivity index (χ3v) is 5.37. The summed E-state index contributed by atoms with van der Waals surface area (Å²) in [5, 5.41) is 3.87. The van der Waals surface area contributed by atoms with Crippen LogP contribution in [0.5, 0.6) is 0 Å². The Balaban J connectivity index is 1.47. The van der Waals surface area contributed by atoms with Crippen LogP contribution in [0.2, 0.25) is 0 Å². The number of rotatable bonds is 3. The first-order valence-electron chi connectivity index (χ1n) is 6.45. The first-order chi connectivity index (χ1) is 7.82. The first kappa shape index (κ1) is 11.3. The highest BCUT2D eigenvalue weighted by Crippen LogP contribution is 2.53. The smallest absolute Gasteiger partial charge is 0.0471 e. The van der Waals surface area contributed by atoms with E-state index in [2.05, 4.69) is 15.9 Å². The molecule has 92 valence electrons. The Hall–Kier alpha value is 0.230. The van der Waals surface area contributed by atoms with Crippen LogP contribution in [0, 0.1) is 5.41 Å². The number of ether oxygens (including phenoxy) is 1. The zero-order chi connectivity index (χ0) is 11.0. The van der Waals surface area contributed by atoms with Crippen molar-refractivity contribution in [3.8, 4) is 0 Å². The monoisotopic (exact) mass is 242 g/mol. The first-order valence-corrected chi connectivity index (χ1v) is 7.63. The minimum Gasteiger partial charge on any atom is -0.381 e. The Kier molecular flexibility index (Phi) is 3.17. The van der Waals surface area contributed by atoms with Gasteiger partial charge in [-0.2, -0.15) is 0 Å². The molecule has 3 fully saturated rings. The third-order valence-electron chi connectivity index (χ3n) is 4.52. The fourth-order valence-corrected chi connectivity index (χ4v) is 3.85. The van der Waals surface area contributed by atoms with Crippen LogP contribution in [0.4, 0.5) is 0 Å². The van der Waals surface area contributed by atoms with Crippen LogP contribution in [-0.2, 0) is 4.74 Å². The van der Waals surface area contributed by atoms with Crippen molar-refractivity contribution >= 4 is 11.9 Å². The van der Waals surface area contributed by atoms with Crippen LogP contribution in [0.1, 0.15) is 25.7 Å². The summed E-state index contributed by atoms with van der Waals surface area (Å²) in [4.78, 5) is 0. The van der Waals surface area contributed by atoms with E-state index in [0.717, 1.165) is 25.3 Å². The predicted molar refractivity (Wildman–Crippen MR) is 67.5 cm³/mol. The number of nitrogens with one attached hydrogen (secondary N) is 1. The molecule has 3 rings (SSSR count). The van der Waals surface area contributed by atoms with Gasteiger partial charge in [-0.1, -0.05) is 11.9 Å². The molecule has 1 unspecified atom stereocenters. The molecule has 1 saturated carbocycles. The Morgan fingerprint density at radius 3 is 2.88 bits per heavy atom. The van der Waals surface area contributed by atoms with Crippen LogP contribution in [0.15, 0.2) is 0 Å². The Labute approximate surface area is 102 Å². The third kappa shape index (κ3) is 2.13. The number of hydrogen-bond acceptors (Lipinski definition) is 4. The normalized spacial score (nSPS) is 38.1. The van der Waals surface area contributed by atoms with Gasteiger partial charge in [0, 0.05) is 38.4 Å². The lowest BCUT2D eigenvalue weighted by Gasteiger charge is -2.24. The molecule has 0 bridgehead atoms. The molecule has 0 amide bonds. The van der Waals surface area contributed by atoms with Crippen molar-refractivity contribution in [3.63, 3.8) is 0 Å². The summed E-state index contributed by atoms with van der Waals surface area (Å²) in [6.07, 6.45) is 7.46. The van der Waals surface area contributed by atoms with Crippen molar-refractivity contribution in [2.75, 3.05) is 32.6 Å². The summed E-state index contributed by atoms with van der Waals surface area (Å²) < 4.78 is 7.93. The van der Waals surface area contributed by atoms with Crippen molar-refractivity contribution in [1.29, 1.82) is 0 Å². The highest BCUT2D eigenvalue weighted by molar-refractivity contribution is 7.96. The van der Waals surface area contributed by atoms with Gasteiger partial charge in [-0.25, -0.2) is 4.31 Å².